The summed E-state index contributed by atoms with van der Waals surface area (Å²) in [7, 11) is 1.64. The van der Waals surface area contributed by atoms with Crippen molar-refractivity contribution < 1.29 is 4.74 Å². The van der Waals surface area contributed by atoms with E-state index in [1.165, 1.54) is 0 Å². The number of hydrogen-bond acceptors (Lipinski definition) is 6. The van der Waals surface area contributed by atoms with E-state index in [4.69, 9.17) is 10.00 Å². The first-order valence-corrected chi connectivity index (χ1v) is 6.05. The van der Waals surface area contributed by atoms with Crippen LogP contribution in [0.2, 0.25) is 0 Å². The Morgan fingerprint density at radius 2 is 2.00 bits per heavy atom. The summed E-state index contributed by atoms with van der Waals surface area (Å²) in [6, 6.07) is 9.70. The zero-order valence-electron chi connectivity index (χ0n) is 10.8. The van der Waals surface area contributed by atoms with E-state index in [9.17, 15) is 0 Å². The van der Waals surface area contributed by atoms with Crippen molar-refractivity contribution in [2.45, 2.75) is 6.42 Å². The van der Waals surface area contributed by atoms with E-state index in [1.807, 2.05) is 29.2 Å². The van der Waals surface area contributed by atoms with Crippen LogP contribution in [0.1, 0.15) is 6.42 Å². The van der Waals surface area contributed by atoms with E-state index in [-0.39, 0.29) is 0 Å². The number of benzene rings is 1. The maximum atomic E-state index is 8.69. The fourth-order valence-corrected chi connectivity index (χ4v) is 1.70. The van der Waals surface area contributed by atoms with Gasteiger partial charge in [-0.2, -0.15) is 5.26 Å². The van der Waals surface area contributed by atoms with Crippen LogP contribution in [0.4, 0.5) is 5.95 Å². The average Bonchev–Trinajstić information content (AvgIpc) is 2.47. The molecule has 0 N–H and O–H groups in total. The lowest BCUT2D eigenvalue weighted by atomic mass is 10.3. The minimum absolute atomic E-state index is 0.417. The van der Waals surface area contributed by atoms with Crippen LogP contribution in [0, 0.1) is 11.3 Å². The minimum atomic E-state index is 0.417. The van der Waals surface area contributed by atoms with Crippen LogP contribution in [0.15, 0.2) is 24.3 Å². The molecule has 1 aromatic carbocycles. The van der Waals surface area contributed by atoms with Crippen LogP contribution in [-0.2, 0) is 4.74 Å². The third kappa shape index (κ3) is 3.36. The van der Waals surface area contributed by atoms with Gasteiger partial charge in [0.05, 0.1) is 24.6 Å². The molecule has 0 unspecified atom stereocenters. The maximum absolute atomic E-state index is 8.69. The first-order chi connectivity index (χ1) is 9.35. The molecule has 6 nitrogen and oxygen atoms in total. The zero-order chi connectivity index (χ0) is 13.5. The fourth-order valence-electron chi connectivity index (χ4n) is 1.70. The molecule has 0 atom stereocenters. The van der Waals surface area contributed by atoms with E-state index in [0.29, 0.717) is 32.1 Å². The number of nitriles is 1. The molecule has 0 aliphatic rings. The molecule has 2 rings (SSSR count). The first kappa shape index (κ1) is 13.2. The molecular formula is C13H15N5O. The second kappa shape index (κ2) is 6.61. The number of hydrogen-bond donors (Lipinski definition) is 0. The van der Waals surface area contributed by atoms with Crippen LogP contribution in [0.3, 0.4) is 0 Å². The number of methoxy groups -OCH3 is 1. The van der Waals surface area contributed by atoms with Gasteiger partial charge in [0.1, 0.15) is 5.52 Å². The molecule has 1 aromatic heterocycles. The Kier molecular flexibility index (Phi) is 4.59. The number of nitrogens with zero attached hydrogens (tertiary/aromatic N) is 5. The lowest BCUT2D eigenvalue weighted by molar-refractivity contribution is 0.205. The molecule has 0 aliphatic carbocycles. The van der Waals surface area contributed by atoms with Crippen molar-refractivity contribution in [1.82, 2.24) is 15.2 Å². The van der Waals surface area contributed by atoms with Gasteiger partial charge in [0.2, 0.25) is 5.95 Å². The summed E-state index contributed by atoms with van der Waals surface area (Å²) >= 11 is 0. The summed E-state index contributed by atoms with van der Waals surface area (Å²) in [5.41, 5.74) is 1.56. The molecule has 6 heteroatoms. The highest BCUT2D eigenvalue weighted by atomic mass is 16.5. The SMILES string of the molecule is COCCN(CCC#N)c1nnc2ccccc2n1. The Labute approximate surface area is 111 Å². The van der Waals surface area contributed by atoms with Crippen LogP contribution in [-0.4, -0.2) is 42.0 Å². The topological polar surface area (TPSA) is 74.9 Å². The Morgan fingerprint density at radius 1 is 1.21 bits per heavy atom. The number of aromatic nitrogens is 3. The van der Waals surface area contributed by atoms with E-state index in [0.717, 1.165) is 11.0 Å². The number of fused-ring (bicyclic) bond motifs is 1. The van der Waals surface area contributed by atoms with Crippen molar-refractivity contribution >= 4 is 17.0 Å². The molecule has 1 heterocycles. The summed E-state index contributed by atoms with van der Waals surface area (Å²) in [6.45, 7) is 1.76. The molecule has 0 aliphatic heterocycles. The quantitative estimate of drug-likeness (QED) is 0.778. The second-order valence-corrected chi connectivity index (χ2v) is 3.99. The first-order valence-electron chi connectivity index (χ1n) is 6.05. The van der Waals surface area contributed by atoms with Crippen molar-refractivity contribution in [1.29, 1.82) is 5.26 Å². The molecule has 98 valence electrons. The molecule has 19 heavy (non-hydrogen) atoms. The Balaban J connectivity index is 2.24. The Bertz CT molecular complexity index is 581. The number of para-hydroxylation sites is 1. The van der Waals surface area contributed by atoms with Crippen molar-refractivity contribution in [2.75, 3.05) is 31.7 Å². The van der Waals surface area contributed by atoms with Gasteiger partial charge in [-0.15, -0.1) is 10.2 Å². The third-order valence-electron chi connectivity index (χ3n) is 2.69. The Morgan fingerprint density at radius 3 is 2.74 bits per heavy atom. The van der Waals surface area contributed by atoms with Crippen molar-refractivity contribution in [3.05, 3.63) is 24.3 Å². The third-order valence-corrected chi connectivity index (χ3v) is 2.69. The van der Waals surface area contributed by atoms with Gasteiger partial charge < -0.3 is 9.64 Å². The lowest BCUT2D eigenvalue weighted by Gasteiger charge is -2.20. The average molecular weight is 257 g/mol. The highest BCUT2D eigenvalue weighted by Gasteiger charge is 2.10. The van der Waals surface area contributed by atoms with Gasteiger partial charge in [0.15, 0.2) is 0 Å². The van der Waals surface area contributed by atoms with Gasteiger partial charge in [-0.05, 0) is 12.1 Å². The Hall–Kier alpha value is -2.26. The molecule has 0 amide bonds. The van der Waals surface area contributed by atoms with Gasteiger partial charge in [0.25, 0.3) is 0 Å². The van der Waals surface area contributed by atoms with Crippen molar-refractivity contribution in [2.24, 2.45) is 0 Å². The smallest absolute Gasteiger partial charge is 0.246 e. The van der Waals surface area contributed by atoms with Gasteiger partial charge in [-0.1, -0.05) is 12.1 Å². The van der Waals surface area contributed by atoms with E-state index in [1.54, 1.807) is 7.11 Å². The monoisotopic (exact) mass is 257 g/mol. The van der Waals surface area contributed by atoms with E-state index >= 15 is 0 Å². The molecule has 0 saturated carbocycles. The predicted octanol–water partition coefficient (Wildman–Crippen LogP) is 1.39. The standard InChI is InChI=1S/C13H15N5O/c1-19-10-9-18(8-4-7-14)13-15-11-5-2-3-6-12(11)16-17-13/h2-3,5-6H,4,8-10H2,1H3. The molecule has 0 fully saturated rings. The molecular weight excluding hydrogens is 242 g/mol. The van der Waals surface area contributed by atoms with E-state index < -0.39 is 0 Å². The summed E-state index contributed by atoms with van der Waals surface area (Å²) in [5, 5.41) is 16.9. The van der Waals surface area contributed by atoms with Gasteiger partial charge in [-0.3, -0.25) is 0 Å². The van der Waals surface area contributed by atoms with Crippen molar-refractivity contribution in [3.63, 3.8) is 0 Å². The lowest BCUT2D eigenvalue weighted by Crippen LogP contribution is -2.30. The molecule has 0 saturated heterocycles. The molecule has 0 bridgehead atoms. The molecule has 0 spiro atoms. The second-order valence-electron chi connectivity index (χ2n) is 3.99. The molecule has 0 radical (unpaired) electrons. The predicted molar refractivity (Wildman–Crippen MR) is 71.7 cm³/mol. The zero-order valence-corrected chi connectivity index (χ0v) is 10.8. The van der Waals surface area contributed by atoms with Gasteiger partial charge in [-0.25, -0.2) is 4.98 Å². The summed E-state index contributed by atoms with van der Waals surface area (Å²) in [4.78, 5) is 6.38. The van der Waals surface area contributed by atoms with Crippen LogP contribution in [0.5, 0.6) is 0 Å². The largest absolute Gasteiger partial charge is 0.383 e. The number of anilines is 1. The van der Waals surface area contributed by atoms with Crippen LogP contribution >= 0.6 is 0 Å². The minimum Gasteiger partial charge on any atom is -0.383 e. The summed E-state index contributed by atoms with van der Waals surface area (Å²) in [5.74, 6) is 0.533. The van der Waals surface area contributed by atoms with Crippen molar-refractivity contribution in [3.8, 4) is 6.07 Å². The fraction of sp³-hybridized carbons (Fsp3) is 0.385. The number of rotatable bonds is 6. The van der Waals surface area contributed by atoms with Gasteiger partial charge >= 0.3 is 0 Å². The van der Waals surface area contributed by atoms with Crippen LogP contribution in [0.25, 0.3) is 11.0 Å². The normalized spacial score (nSPS) is 10.3. The number of ether oxygens (including phenoxy) is 1. The summed E-state index contributed by atoms with van der Waals surface area (Å²) in [6.07, 6.45) is 0.417. The van der Waals surface area contributed by atoms with E-state index in [2.05, 4.69) is 21.3 Å². The highest BCUT2D eigenvalue weighted by molar-refractivity contribution is 5.74. The highest BCUT2D eigenvalue weighted by Crippen LogP contribution is 2.12. The maximum Gasteiger partial charge on any atom is 0.246 e. The summed E-state index contributed by atoms with van der Waals surface area (Å²) < 4.78 is 5.06. The molecule has 2 aromatic rings. The van der Waals surface area contributed by atoms with Gasteiger partial charge in [0, 0.05) is 20.2 Å². The van der Waals surface area contributed by atoms with Crippen LogP contribution < -0.4 is 4.90 Å².